The minimum absolute atomic E-state index is 0.534. The summed E-state index contributed by atoms with van der Waals surface area (Å²) >= 11 is 0. The summed E-state index contributed by atoms with van der Waals surface area (Å²) in [5.74, 6) is 0. The molecule has 0 saturated heterocycles. The van der Waals surface area contributed by atoms with Gasteiger partial charge in [0.2, 0.25) is 0 Å². The van der Waals surface area contributed by atoms with E-state index in [9.17, 15) is 0 Å². The molecule has 0 N–H and O–H groups in total. The van der Waals surface area contributed by atoms with Crippen LogP contribution in [0.25, 0.3) is 0 Å². The number of rotatable bonds is 7. The van der Waals surface area contributed by atoms with Gasteiger partial charge in [-0.05, 0) is 42.5 Å². The van der Waals surface area contributed by atoms with E-state index in [0.29, 0.717) is 0 Å². The minimum atomic E-state index is -0.534. The van der Waals surface area contributed by atoms with Gasteiger partial charge in [-0.2, -0.15) is 0 Å². The maximum Gasteiger partial charge on any atom is 0.0240 e. The third-order valence-corrected chi connectivity index (χ3v) is 7.10. The Labute approximate surface area is 153 Å². The van der Waals surface area contributed by atoms with Crippen LogP contribution in [-0.4, -0.2) is 18.0 Å². The number of nitrogens with zero attached hydrogens (tertiary/aromatic N) is 1. The van der Waals surface area contributed by atoms with Gasteiger partial charge < -0.3 is 0 Å². The number of hydrogen-bond donors (Lipinski definition) is 0. The standard InChI is InChI=1S/C23H26NP/c1-3-24(4-2)19-20-13-11-12-18-23(20)25(21-14-7-5-8-15-21)22-16-9-6-10-17-22/h5-18H,3-4,19H2,1-2H3. The highest BCUT2D eigenvalue weighted by Crippen LogP contribution is 2.34. The Morgan fingerprint density at radius 3 is 1.64 bits per heavy atom. The monoisotopic (exact) mass is 347 g/mol. The van der Waals surface area contributed by atoms with Crippen molar-refractivity contribution in [3.8, 4) is 0 Å². The first-order chi connectivity index (χ1) is 12.3. The molecule has 0 bridgehead atoms. The lowest BCUT2D eigenvalue weighted by Gasteiger charge is -2.25. The van der Waals surface area contributed by atoms with Crippen LogP contribution >= 0.6 is 7.92 Å². The van der Waals surface area contributed by atoms with E-state index in [1.54, 1.807) is 0 Å². The van der Waals surface area contributed by atoms with Crippen molar-refractivity contribution in [1.82, 2.24) is 4.90 Å². The predicted octanol–water partition coefficient (Wildman–Crippen LogP) is 4.29. The molecular weight excluding hydrogens is 321 g/mol. The van der Waals surface area contributed by atoms with Crippen molar-refractivity contribution in [1.29, 1.82) is 0 Å². The van der Waals surface area contributed by atoms with Crippen LogP contribution in [-0.2, 0) is 6.54 Å². The van der Waals surface area contributed by atoms with Gasteiger partial charge in [-0.25, -0.2) is 0 Å². The number of benzene rings is 3. The lowest BCUT2D eigenvalue weighted by molar-refractivity contribution is 0.296. The normalized spacial score (nSPS) is 11.2. The second-order valence-corrected chi connectivity index (χ2v) is 8.28. The average Bonchev–Trinajstić information content (AvgIpc) is 2.69. The maximum absolute atomic E-state index is 2.49. The lowest BCUT2D eigenvalue weighted by Crippen LogP contribution is -2.28. The van der Waals surface area contributed by atoms with Gasteiger partial charge in [-0.1, -0.05) is 98.8 Å². The number of hydrogen-bond acceptors (Lipinski definition) is 1. The van der Waals surface area contributed by atoms with E-state index < -0.39 is 7.92 Å². The zero-order chi connectivity index (χ0) is 17.5. The summed E-state index contributed by atoms with van der Waals surface area (Å²) in [7, 11) is -0.534. The molecule has 0 fully saturated rings. The van der Waals surface area contributed by atoms with Crippen LogP contribution in [0.1, 0.15) is 19.4 Å². The maximum atomic E-state index is 2.49. The first kappa shape index (κ1) is 17.9. The van der Waals surface area contributed by atoms with Crippen LogP contribution < -0.4 is 15.9 Å². The Bertz CT molecular complexity index is 727. The highest BCUT2D eigenvalue weighted by Gasteiger charge is 2.19. The summed E-state index contributed by atoms with van der Waals surface area (Å²) in [6, 6.07) is 30.9. The molecule has 0 aliphatic rings. The summed E-state index contributed by atoms with van der Waals surface area (Å²) < 4.78 is 0. The quantitative estimate of drug-likeness (QED) is 0.577. The fraction of sp³-hybridized carbons (Fsp3) is 0.217. The highest BCUT2D eigenvalue weighted by atomic mass is 31.1. The summed E-state index contributed by atoms with van der Waals surface area (Å²) in [5, 5.41) is 4.30. The van der Waals surface area contributed by atoms with Crippen molar-refractivity contribution in [3.05, 3.63) is 90.5 Å². The zero-order valence-corrected chi connectivity index (χ0v) is 16.0. The Hall–Kier alpha value is -1.95. The first-order valence-corrected chi connectivity index (χ1v) is 10.4. The van der Waals surface area contributed by atoms with E-state index in [0.717, 1.165) is 19.6 Å². The molecule has 25 heavy (non-hydrogen) atoms. The Balaban J connectivity index is 2.08. The molecule has 0 unspecified atom stereocenters. The van der Waals surface area contributed by atoms with Crippen LogP contribution in [0.15, 0.2) is 84.9 Å². The van der Waals surface area contributed by atoms with Gasteiger partial charge in [-0.3, -0.25) is 4.90 Å². The van der Waals surface area contributed by atoms with Crippen molar-refractivity contribution in [2.45, 2.75) is 20.4 Å². The Kier molecular flexibility index (Phi) is 6.39. The molecule has 0 radical (unpaired) electrons. The van der Waals surface area contributed by atoms with Crippen molar-refractivity contribution in [2.24, 2.45) is 0 Å². The fourth-order valence-corrected chi connectivity index (χ4v) is 5.59. The van der Waals surface area contributed by atoms with E-state index in [2.05, 4.69) is 104 Å². The Morgan fingerprint density at radius 1 is 0.640 bits per heavy atom. The molecular formula is C23H26NP. The topological polar surface area (TPSA) is 3.24 Å². The van der Waals surface area contributed by atoms with Gasteiger partial charge in [-0.15, -0.1) is 0 Å². The molecule has 128 valence electrons. The average molecular weight is 347 g/mol. The van der Waals surface area contributed by atoms with Gasteiger partial charge in [0.15, 0.2) is 0 Å². The molecule has 2 heteroatoms. The minimum Gasteiger partial charge on any atom is -0.300 e. The second kappa shape index (κ2) is 8.94. The summed E-state index contributed by atoms with van der Waals surface area (Å²) in [5.41, 5.74) is 1.45. The molecule has 0 saturated carbocycles. The molecule has 1 nitrogen and oxygen atoms in total. The summed E-state index contributed by atoms with van der Waals surface area (Å²) in [6.45, 7) is 7.66. The van der Waals surface area contributed by atoms with Crippen molar-refractivity contribution >= 4 is 23.8 Å². The molecule has 0 heterocycles. The van der Waals surface area contributed by atoms with Gasteiger partial charge in [0.25, 0.3) is 0 Å². The van der Waals surface area contributed by atoms with E-state index in [1.807, 2.05) is 0 Å². The lowest BCUT2D eigenvalue weighted by atomic mass is 10.2. The Morgan fingerprint density at radius 2 is 1.12 bits per heavy atom. The van der Waals surface area contributed by atoms with Crippen molar-refractivity contribution < 1.29 is 0 Å². The fourth-order valence-electron chi connectivity index (χ4n) is 3.13. The smallest absolute Gasteiger partial charge is 0.0240 e. The largest absolute Gasteiger partial charge is 0.300 e. The van der Waals surface area contributed by atoms with Gasteiger partial charge in [0.1, 0.15) is 0 Å². The van der Waals surface area contributed by atoms with Crippen LogP contribution in [0.2, 0.25) is 0 Å². The molecule has 0 atom stereocenters. The third-order valence-electron chi connectivity index (χ3n) is 4.55. The summed E-state index contributed by atoms with van der Waals surface area (Å²) in [4.78, 5) is 2.49. The molecule has 0 spiro atoms. The SMILES string of the molecule is CCN(CC)Cc1ccccc1P(c1ccccc1)c1ccccc1. The van der Waals surface area contributed by atoms with Crippen LogP contribution in [0.3, 0.4) is 0 Å². The summed E-state index contributed by atoms with van der Waals surface area (Å²) in [6.07, 6.45) is 0. The zero-order valence-electron chi connectivity index (χ0n) is 15.1. The second-order valence-electron chi connectivity index (χ2n) is 6.10. The van der Waals surface area contributed by atoms with E-state index >= 15 is 0 Å². The first-order valence-electron chi connectivity index (χ1n) is 9.04. The molecule has 0 aromatic heterocycles. The molecule has 3 rings (SSSR count). The van der Waals surface area contributed by atoms with Gasteiger partial charge in [0, 0.05) is 6.54 Å². The van der Waals surface area contributed by atoms with Gasteiger partial charge >= 0.3 is 0 Å². The molecule has 0 aliphatic carbocycles. The third kappa shape index (κ3) is 4.37. The molecule has 0 aliphatic heterocycles. The predicted molar refractivity (Wildman–Crippen MR) is 112 cm³/mol. The van der Waals surface area contributed by atoms with E-state index in [-0.39, 0.29) is 0 Å². The molecule has 3 aromatic carbocycles. The van der Waals surface area contributed by atoms with Crippen LogP contribution in [0.4, 0.5) is 0 Å². The van der Waals surface area contributed by atoms with E-state index in [4.69, 9.17) is 0 Å². The molecule has 0 amide bonds. The highest BCUT2D eigenvalue weighted by molar-refractivity contribution is 7.79. The van der Waals surface area contributed by atoms with Crippen LogP contribution in [0.5, 0.6) is 0 Å². The van der Waals surface area contributed by atoms with Crippen molar-refractivity contribution in [3.63, 3.8) is 0 Å². The van der Waals surface area contributed by atoms with Gasteiger partial charge in [0.05, 0.1) is 0 Å². The van der Waals surface area contributed by atoms with E-state index in [1.165, 1.54) is 21.5 Å². The molecule has 3 aromatic rings. The van der Waals surface area contributed by atoms with Crippen LogP contribution in [0, 0.1) is 0 Å². The van der Waals surface area contributed by atoms with Crippen molar-refractivity contribution in [2.75, 3.05) is 13.1 Å².